The van der Waals surface area contributed by atoms with Gasteiger partial charge in [-0.15, -0.1) is 0 Å². The summed E-state index contributed by atoms with van der Waals surface area (Å²) in [5.41, 5.74) is 1.57. The largest absolute Gasteiger partial charge is 0.507 e. The number of methoxy groups -OCH3 is 2. The number of benzene rings is 2. The first-order chi connectivity index (χ1) is 13.6. The fraction of sp³-hybridized carbons (Fsp3) is 0.381. The lowest BCUT2D eigenvalue weighted by Gasteiger charge is -2.38. The van der Waals surface area contributed by atoms with E-state index in [1.807, 2.05) is 12.1 Å². The summed E-state index contributed by atoms with van der Waals surface area (Å²) in [5, 5.41) is 20.5. The highest BCUT2D eigenvalue weighted by Gasteiger charge is 2.40. The lowest BCUT2D eigenvalue weighted by Crippen LogP contribution is -2.45. The number of phenols is 2. The first-order valence-electron chi connectivity index (χ1n) is 9.34. The molecule has 0 aromatic heterocycles. The molecule has 0 radical (unpaired) electrons. The summed E-state index contributed by atoms with van der Waals surface area (Å²) >= 11 is 0. The highest BCUT2D eigenvalue weighted by Crippen LogP contribution is 2.39. The predicted octanol–water partition coefficient (Wildman–Crippen LogP) is 2.23. The molecule has 2 aliphatic heterocycles. The molecular weight excluding hydrogens is 358 g/mol. The van der Waals surface area contributed by atoms with Crippen LogP contribution in [0.5, 0.6) is 23.0 Å². The number of nitrogens with zero attached hydrogens (tertiary/aromatic N) is 3. The zero-order valence-electron chi connectivity index (χ0n) is 16.1. The Labute approximate surface area is 164 Å². The summed E-state index contributed by atoms with van der Waals surface area (Å²) in [4.78, 5) is 9.37. The van der Waals surface area contributed by atoms with E-state index in [-0.39, 0.29) is 23.7 Å². The van der Waals surface area contributed by atoms with Crippen molar-refractivity contribution in [3.63, 3.8) is 0 Å². The smallest absolute Gasteiger partial charge is 0.128 e. The molecule has 28 heavy (non-hydrogen) atoms. The van der Waals surface area contributed by atoms with Crippen molar-refractivity contribution in [2.24, 2.45) is 4.99 Å². The number of ether oxygens (including phenoxy) is 2. The molecule has 2 heterocycles. The van der Waals surface area contributed by atoms with Gasteiger partial charge in [-0.25, -0.2) is 0 Å². The van der Waals surface area contributed by atoms with Crippen molar-refractivity contribution in [2.75, 3.05) is 40.4 Å². The molecule has 0 saturated carbocycles. The van der Waals surface area contributed by atoms with Gasteiger partial charge in [-0.05, 0) is 24.3 Å². The fourth-order valence-electron chi connectivity index (χ4n) is 4.02. The molecule has 0 spiro atoms. The number of hydrogen-bond acceptors (Lipinski definition) is 7. The van der Waals surface area contributed by atoms with Crippen LogP contribution in [0.3, 0.4) is 0 Å². The van der Waals surface area contributed by atoms with E-state index >= 15 is 0 Å². The molecule has 2 aliphatic rings. The van der Waals surface area contributed by atoms with E-state index in [9.17, 15) is 10.2 Å². The van der Waals surface area contributed by atoms with Crippen molar-refractivity contribution in [1.29, 1.82) is 0 Å². The molecule has 0 aliphatic carbocycles. The number of phenolic OH excluding ortho intramolecular Hbond substituents is 2. The van der Waals surface area contributed by atoms with E-state index in [0.29, 0.717) is 17.1 Å². The zero-order chi connectivity index (χ0) is 19.7. The summed E-state index contributed by atoms with van der Waals surface area (Å²) in [6.07, 6.45) is 1.79. The first-order valence-corrected chi connectivity index (χ1v) is 9.34. The van der Waals surface area contributed by atoms with Gasteiger partial charge in [0.1, 0.15) is 23.0 Å². The number of aromatic hydroxyl groups is 2. The lowest BCUT2D eigenvalue weighted by atomic mass is 10.1. The third-order valence-electron chi connectivity index (χ3n) is 5.43. The van der Waals surface area contributed by atoms with Gasteiger partial charge in [-0.1, -0.05) is 0 Å². The van der Waals surface area contributed by atoms with Crippen molar-refractivity contribution in [1.82, 2.24) is 9.80 Å². The fourth-order valence-corrected chi connectivity index (χ4v) is 4.02. The number of hydrogen-bond donors (Lipinski definition) is 2. The van der Waals surface area contributed by atoms with Gasteiger partial charge in [0.2, 0.25) is 0 Å². The average molecular weight is 383 g/mol. The molecule has 2 fully saturated rings. The lowest BCUT2D eigenvalue weighted by molar-refractivity contribution is 0.0780. The highest BCUT2D eigenvalue weighted by atomic mass is 16.5. The van der Waals surface area contributed by atoms with Gasteiger partial charge in [0.05, 0.1) is 26.4 Å². The third-order valence-corrected chi connectivity index (χ3v) is 5.43. The summed E-state index contributed by atoms with van der Waals surface area (Å²) in [7, 11) is 3.16. The van der Waals surface area contributed by atoms with E-state index in [4.69, 9.17) is 14.5 Å². The topological polar surface area (TPSA) is 77.8 Å². The van der Waals surface area contributed by atoms with Crippen LogP contribution in [0.4, 0.5) is 0 Å². The van der Waals surface area contributed by atoms with Crippen molar-refractivity contribution in [3.8, 4) is 23.0 Å². The van der Waals surface area contributed by atoms with Crippen LogP contribution < -0.4 is 9.47 Å². The number of aliphatic imine (C=N–C) groups is 1. The maximum atomic E-state index is 10.4. The van der Waals surface area contributed by atoms with E-state index in [2.05, 4.69) is 9.80 Å². The molecule has 2 bridgehead atoms. The Balaban J connectivity index is 1.48. The van der Waals surface area contributed by atoms with Gasteiger partial charge in [-0.3, -0.25) is 14.8 Å². The minimum atomic E-state index is 0.0618. The summed E-state index contributed by atoms with van der Waals surface area (Å²) in [5.74, 6) is 1.68. The Bertz CT molecular complexity index is 872. The van der Waals surface area contributed by atoms with Crippen molar-refractivity contribution >= 4 is 6.21 Å². The van der Waals surface area contributed by atoms with Crippen LogP contribution in [-0.4, -0.2) is 72.7 Å². The van der Waals surface area contributed by atoms with E-state index < -0.39 is 0 Å². The van der Waals surface area contributed by atoms with Crippen LogP contribution in [0.15, 0.2) is 41.4 Å². The summed E-state index contributed by atoms with van der Waals surface area (Å²) < 4.78 is 10.3. The molecule has 2 atom stereocenters. The Morgan fingerprint density at radius 1 is 0.929 bits per heavy atom. The predicted molar refractivity (Wildman–Crippen MR) is 107 cm³/mol. The molecule has 2 saturated heterocycles. The molecular formula is C21H25N3O4. The van der Waals surface area contributed by atoms with Crippen molar-refractivity contribution in [2.45, 2.75) is 12.2 Å². The second-order valence-electron chi connectivity index (χ2n) is 7.15. The maximum Gasteiger partial charge on any atom is 0.128 e. The second kappa shape index (κ2) is 7.69. The van der Waals surface area contributed by atoms with Crippen LogP contribution in [0, 0.1) is 0 Å². The van der Waals surface area contributed by atoms with Crippen molar-refractivity contribution < 1.29 is 19.7 Å². The summed E-state index contributed by atoms with van der Waals surface area (Å²) in [6, 6.07) is 10.8. The minimum Gasteiger partial charge on any atom is -0.507 e. The molecule has 0 amide bonds. The number of rotatable bonds is 5. The molecule has 2 aromatic rings. The van der Waals surface area contributed by atoms with E-state index in [0.717, 1.165) is 31.7 Å². The van der Waals surface area contributed by atoms with Gasteiger partial charge in [0.15, 0.2) is 0 Å². The SMILES string of the molecule is COc1ccc(C=NC2CN3CCN(C2)C3c2ccc(OC)cc2O)c(O)c1. The van der Waals surface area contributed by atoms with Gasteiger partial charge in [-0.2, -0.15) is 0 Å². The first kappa shape index (κ1) is 18.6. The Morgan fingerprint density at radius 2 is 1.54 bits per heavy atom. The van der Waals surface area contributed by atoms with Crippen LogP contribution in [-0.2, 0) is 0 Å². The monoisotopic (exact) mass is 383 g/mol. The molecule has 2 N–H and O–H groups in total. The number of fused-ring (bicyclic) bond motifs is 2. The van der Waals surface area contributed by atoms with Gasteiger partial charge in [0.25, 0.3) is 0 Å². The van der Waals surface area contributed by atoms with Gasteiger partial charge < -0.3 is 19.7 Å². The Hall–Kier alpha value is -2.77. The van der Waals surface area contributed by atoms with Crippen LogP contribution in [0.25, 0.3) is 0 Å². The third kappa shape index (κ3) is 3.50. The second-order valence-corrected chi connectivity index (χ2v) is 7.15. The Morgan fingerprint density at radius 3 is 2.11 bits per heavy atom. The molecule has 7 heteroatoms. The van der Waals surface area contributed by atoms with Crippen LogP contribution >= 0.6 is 0 Å². The maximum absolute atomic E-state index is 10.4. The molecule has 148 valence electrons. The Kier molecular flexibility index (Phi) is 5.11. The average Bonchev–Trinajstić information content (AvgIpc) is 2.96. The van der Waals surface area contributed by atoms with Crippen LogP contribution in [0.1, 0.15) is 17.3 Å². The van der Waals surface area contributed by atoms with Gasteiger partial charge in [0, 0.05) is 55.7 Å². The standard InChI is InChI=1S/C21H25N3O4/c1-27-16-4-3-14(19(25)9-16)11-22-15-12-23-7-8-24(13-15)21(23)18-6-5-17(28-2)10-20(18)26/h3-6,9-11,15,21,25-26H,7-8,12-13H2,1-2H3. The van der Waals surface area contributed by atoms with E-state index in [1.165, 1.54) is 0 Å². The van der Waals surface area contributed by atoms with Crippen LogP contribution in [0.2, 0.25) is 0 Å². The highest BCUT2D eigenvalue weighted by molar-refractivity contribution is 5.83. The quantitative estimate of drug-likeness (QED) is 0.771. The molecule has 2 aromatic carbocycles. The molecule has 2 unspecified atom stereocenters. The van der Waals surface area contributed by atoms with Crippen molar-refractivity contribution in [3.05, 3.63) is 47.5 Å². The van der Waals surface area contributed by atoms with Gasteiger partial charge >= 0.3 is 0 Å². The normalized spacial score (nSPS) is 26.5. The van der Waals surface area contributed by atoms with E-state index in [1.54, 1.807) is 44.7 Å². The minimum absolute atomic E-state index is 0.0618. The molecule has 7 nitrogen and oxygen atoms in total. The molecule has 4 rings (SSSR count). The summed E-state index contributed by atoms with van der Waals surface area (Å²) in [6.45, 7) is 3.49. The zero-order valence-corrected chi connectivity index (χ0v) is 16.1.